The summed E-state index contributed by atoms with van der Waals surface area (Å²) in [5.41, 5.74) is 2.17. The molecule has 3 aromatic rings. The van der Waals surface area contributed by atoms with Gasteiger partial charge in [-0.1, -0.05) is 12.1 Å². The zero-order valence-electron chi connectivity index (χ0n) is 18.7. The fourth-order valence-electron chi connectivity index (χ4n) is 5.80. The molecule has 0 unspecified atom stereocenters. The molecular weight excluding hydrogens is 432 g/mol. The highest BCUT2D eigenvalue weighted by atomic mass is 32.1. The molecule has 7 heteroatoms. The van der Waals surface area contributed by atoms with Crippen LogP contribution in [0.2, 0.25) is 0 Å². The molecule has 0 bridgehead atoms. The first kappa shape index (κ1) is 20.8. The molecule has 2 fully saturated rings. The van der Waals surface area contributed by atoms with Crippen molar-refractivity contribution >= 4 is 33.9 Å². The normalized spacial score (nSPS) is 22.9. The van der Waals surface area contributed by atoms with E-state index >= 15 is 0 Å². The van der Waals surface area contributed by atoms with Crippen molar-refractivity contribution in [3.63, 3.8) is 0 Å². The van der Waals surface area contributed by atoms with Crippen LogP contribution in [-0.4, -0.2) is 70.8 Å². The third-order valence-corrected chi connectivity index (χ3v) is 8.70. The van der Waals surface area contributed by atoms with Gasteiger partial charge in [-0.25, -0.2) is 0 Å². The van der Waals surface area contributed by atoms with Crippen LogP contribution in [0.4, 0.5) is 0 Å². The number of likely N-dealkylation sites (tertiary alicyclic amines) is 2. The van der Waals surface area contributed by atoms with E-state index in [-0.39, 0.29) is 17.2 Å². The lowest BCUT2D eigenvalue weighted by Crippen LogP contribution is -2.42. The molecule has 0 radical (unpaired) electrons. The number of thiophene rings is 1. The highest BCUT2D eigenvalue weighted by Gasteiger charge is 2.46. The fraction of sp³-hybridized carbons (Fsp3) is 0.423. The number of hydrogen-bond donors (Lipinski definition) is 0. The molecule has 1 aromatic carbocycles. The molecule has 33 heavy (non-hydrogen) atoms. The molecule has 1 spiro atoms. The van der Waals surface area contributed by atoms with Crippen LogP contribution in [0.15, 0.2) is 48.1 Å². The lowest BCUT2D eigenvalue weighted by atomic mass is 9.86. The summed E-state index contributed by atoms with van der Waals surface area (Å²) in [7, 11) is 0. The minimum atomic E-state index is 0.0416. The Morgan fingerprint density at radius 1 is 1.03 bits per heavy atom. The molecule has 0 saturated carbocycles. The first-order valence-electron chi connectivity index (χ1n) is 11.8. The molecule has 6 nitrogen and oxygen atoms in total. The first-order chi connectivity index (χ1) is 16.1. The number of nitrogens with zero attached hydrogens (tertiary/aromatic N) is 4. The molecule has 3 aliphatic heterocycles. The van der Waals surface area contributed by atoms with Crippen LogP contribution in [0, 0.1) is 5.41 Å². The number of pyridine rings is 1. The summed E-state index contributed by atoms with van der Waals surface area (Å²) < 4.78 is 0. The van der Waals surface area contributed by atoms with E-state index in [0.717, 1.165) is 74.9 Å². The largest absolute Gasteiger partial charge is 0.341 e. The number of benzene rings is 1. The Morgan fingerprint density at radius 2 is 1.88 bits per heavy atom. The Balaban J connectivity index is 1.10. The van der Waals surface area contributed by atoms with E-state index in [9.17, 15) is 9.59 Å². The second kappa shape index (κ2) is 8.22. The summed E-state index contributed by atoms with van der Waals surface area (Å²) >= 11 is 1.83. The Labute approximate surface area is 197 Å². The molecule has 3 aliphatic rings. The van der Waals surface area contributed by atoms with Crippen molar-refractivity contribution in [2.24, 2.45) is 5.41 Å². The summed E-state index contributed by atoms with van der Waals surface area (Å²) in [6.45, 7) is 5.41. The van der Waals surface area contributed by atoms with E-state index in [1.807, 2.05) is 45.4 Å². The summed E-state index contributed by atoms with van der Waals surface area (Å²) in [6.07, 6.45) is 6.55. The number of rotatable bonds is 3. The topological polar surface area (TPSA) is 56.8 Å². The average Bonchev–Trinajstić information content (AvgIpc) is 3.58. The Bertz CT molecular complexity index is 1220. The number of carbonyl (C=O) groups is 2. The number of amides is 2. The van der Waals surface area contributed by atoms with E-state index in [1.54, 1.807) is 12.4 Å². The van der Waals surface area contributed by atoms with Gasteiger partial charge < -0.3 is 9.80 Å². The lowest BCUT2D eigenvalue weighted by Gasteiger charge is -2.29. The van der Waals surface area contributed by atoms with Crippen LogP contribution in [-0.2, 0) is 17.8 Å². The van der Waals surface area contributed by atoms with Gasteiger partial charge in [0.15, 0.2) is 0 Å². The van der Waals surface area contributed by atoms with E-state index in [4.69, 9.17) is 0 Å². The molecule has 2 aromatic heterocycles. The number of fused-ring (bicyclic) bond motifs is 2. The second-order valence-corrected chi connectivity index (χ2v) is 10.8. The van der Waals surface area contributed by atoms with Crippen molar-refractivity contribution in [1.29, 1.82) is 0 Å². The highest BCUT2D eigenvalue weighted by molar-refractivity contribution is 7.10. The summed E-state index contributed by atoms with van der Waals surface area (Å²) in [6, 6.07) is 9.95. The fourth-order valence-corrected chi connectivity index (χ4v) is 6.69. The van der Waals surface area contributed by atoms with Gasteiger partial charge in [0.2, 0.25) is 5.91 Å². The average molecular weight is 461 g/mol. The van der Waals surface area contributed by atoms with Gasteiger partial charge in [-0.05, 0) is 53.8 Å². The predicted octanol–water partition coefficient (Wildman–Crippen LogP) is 3.42. The summed E-state index contributed by atoms with van der Waals surface area (Å²) in [4.78, 5) is 38.4. The third-order valence-electron chi connectivity index (χ3n) is 7.67. The van der Waals surface area contributed by atoms with E-state index in [0.29, 0.717) is 6.54 Å². The van der Waals surface area contributed by atoms with Crippen LogP contribution in [0.3, 0.4) is 0 Å². The van der Waals surface area contributed by atoms with Crippen molar-refractivity contribution < 1.29 is 9.59 Å². The maximum atomic E-state index is 13.4. The lowest BCUT2D eigenvalue weighted by molar-refractivity contribution is -0.132. The quantitative estimate of drug-likeness (QED) is 0.601. The van der Waals surface area contributed by atoms with Gasteiger partial charge in [-0.3, -0.25) is 19.5 Å². The molecule has 0 aliphatic carbocycles. The van der Waals surface area contributed by atoms with Gasteiger partial charge in [0.25, 0.3) is 5.91 Å². The Hall–Kier alpha value is -2.77. The standard InChI is InChI=1S/C26H28N4O2S/c31-24(16-28-10-5-23-20(15-28)6-13-33-23)29-11-7-26(17-29)8-12-30(18-26)25(32)22-3-1-2-19-14-27-9-4-21(19)22/h1-4,6,9,13-14H,5,7-8,10-12,15-18H2/t26-/m1/s1. The van der Waals surface area contributed by atoms with E-state index in [1.165, 1.54) is 10.4 Å². The zero-order chi connectivity index (χ0) is 22.4. The monoisotopic (exact) mass is 460 g/mol. The van der Waals surface area contributed by atoms with Gasteiger partial charge in [0.05, 0.1) is 6.54 Å². The van der Waals surface area contributed by atoms with Crippen LogP contribution < -0.4 is 0 Å². The highest BCUT2D eigenvalue weighted by Crippen LogP contribution is 2.40. The van der Waals surface area contributed by atoms with Gasteiger partial charge in [0.1, 0.15) is 0 Å². The van der Waals surface area contributed by atoms with Crippen molar-refractivity contribution in [2.45, 2.75) is 25.8 Å². The molecular formula is C26H28N4O2S. The van der Waals surface area contributed by atoms with Crippen molar-refractivity contribution in [1.82, 2.24) is 19.7 Å². The van der Waals surface area contributed by atoms with Crippen LogP contribution in [0.1, 0.15) is 33.6 Å². The molecule has 5 heterocycles. The van der Waals surface area contributed by atoms with Crippen LogP contribution in [0.5, 0.6) is 0 Å². The van der Waals surface area contributed by atoms with Crippen LogP contribution in [0.25, 0.3) is 10.8 Å². The minimum absolute atomic E-state index is 0.0416. The second-order valence-electron chi connectivity index (χ2n) is 9.77. The molecule has 0 N–H and O–H groups in total. The number of carbonyl (C=O) groups excluding carboxylic acids is 2. The smallest absolute Gasteiger partial charge is 0.254 e. The molecule has 6 rings (SSSR count). The van der Waals surface area contributed by atoms with Gasteiger partial charge in [-0.15, -0.1) is 11.3 Å². The maximum Gasteiger partial charge on any atom is 0.254 e. The SMILES string of the molecule is O=C(CN1CCc2sccc2C1)N1CC[C@@]2(CCN(C(=O)c3cccc4cnccc34)C2)C1. The van der Waals surface area contributed by atoms with Crippen LogP contribution >= 0.6 is 11.3 Å². The summed E-state index contributed by atoms with van der Waals surface area (Å²) in [5, 5.41) is 4.10. The minimum Gasteiger partial charge on any atom is -0.341 e. The molecule has 1 atom stereocenters. The van der Waals surface area contributed by atoms with Gasteiger partial charge in [-0.2, -0.15) is 0 Å². The van der Waals surface area contributed by atoms with Crippen molar-refractivity contribution in [2.75, 3.05) is 39.3 Å². The Morgan fingerprint density at radius 3 is 2.79 bits per heavy atom. The van der Waals surface area contributed by atoms with Crippen molar-refractivity contribution in [3.05, 3.63) is 64.1 Å². The Kier molecular flexibility index (Phi) is 5.18. The van der Waals surface area contributed by atoms with Crippen molar-refractivity contribution in [3.8, 4) is 0 Å². The first-order valence-corrected chi connectivity index (χ1v) is 12.7. The zero-order valence-corrected chi connectivity index (χ0v) is 19.5. The molecule has 2 saturated heterocycles. The van der Waals surface area contributed by atoms with Gasteiger partial charge >= 0.3 is 0 Å². The third kappa shape index (κ3) is 3.83. The molecule has 2 amide bonds. The maximum absolute atomic E-state index is 13.4. The van der Waals surface area contributed by atoms with E-state index in [2.05, 4.69) is 21.3 Å². The van der Waals surface area contributed by atoms with E-state index < -0.39 is 0 Å². The molecule has 170 valence electrons. The summed E-state index contributed by atoms with van der Waals surface area (Å²) in [5.74, 6) is 0.324. The predicted molar refractivity (Wildman–Crippen MR) is 129 cm³/mol. The number of aromatic nitrogens is 1. The van der Waals surface area contributed by atoms with Gasteiger partial charge in [0, 0.05) is 72.9 Å². The number of hydrogen-bond acceptors (Lipinski definition) is 5.